The number of ether oxygens (including phenoxy) is 1. The summed E-state index contributed by atoms with van der Waals surface area (Å²) >= 11 is 0. The summed E-state index contributed by atoms with van der Waals surface area (Å²) in [6.45, 7) is 6.78. The van der Waals surface area contributed by atoms with Gasteiger partial charge in [0.2, 0.25) is 0 Å². The molecule has 0 aliphatic carbocycles. The van der Waals surface area contributed by atoms with Crippen molar-refractivity contribution in [2.45, 2.75) is 6.92 Å². The van der Waals surface area contributed by atoms with Gasteiger partial charge in [0.05, 0.1) is 0 Å². The molecule has 0 aromatic carbocycles. The molecule has 0 unspecified atom stereocenters. The number of rotatable bonds is 3. The van der Waals surface area contributed by atoms with Crippen molar-refractivity contribution in [2.24, 2.45) is 0 Å². The van der Waals surface area contributed by atoms with Crippen LogP contribution in [-0.2, 0) is 9.53 Å². The van der Waals surface area contributed by atoms with E-state index in [-0.39, 0.29) is 31.1 Å². The molecule has 0 aromatic heterocycles. The van der Waals surface area contributed by atoms with Crippen molar-refractivity contribution in [2.75, 3.05) is 13.2 Å². The van der Waals surface area contributed by atoms with E-state index < -0.39 is 0 Å². The first-order valence-corrected chi connectivity index (χ1v) is 2.57. The van der Waals surface area contributed by atoms with Crippen molar-refractivity contribution in [1.29, 1.82) is 5.41 Å². The van der Waals surface area contributed by atoms with Crippen LogP contribution in [0.15, 0.2) is 0 Å². The number of hydrogen-bond acceptors (Lipinski definition) is 3. The van der Waals surface area contributed by atoms with Gasteiger partial charge in [0.1, 0.15) is 0 Å². The van der Waals surface area contributed by atoms with Gasteiger partial charge < -0.3 is 21.9 Å². The van der Waals surface area contributed by atoms with Crippen LogP contribution >= 0.6 is 0 Å². The molecule has 3 nitrogen and oxygen atoms in total. The summed E-state index contributed by atoms with van der Waals surface area (Å²) in [7, 11) is 0. The molecule has 0 spiro atoms. The Labute approximate surface area is 85.4 Å². The fourth-order valence-corrected chi connectivity index (χ4v) is 0.144. The minimum atomic E-state index is 0. The summed E-state index contributed by atoms with van der Waals surface area (Å²) in [4.78, 5) is 8.81. The zero-order valence-electron chi connectivity index (χ0n) is 6.02. The summed E-state index contributed by atoms with van der Waals surface area (Å²) in [5.74, 6) is 0. The van der Waals surface area contributed by atoms with Gasteiger partial charge in [-0.3, -0.25) is 0 Å². The molecule has 0 fully saturated rings. The summed E-state index contributed by atoms with van der Waals surface area (Å²) < 4.78 is 4.72. The number of nitrogens with one attached hydrogen (secondary N) is 1. The molecule has 1 N–H and O–H groups in total. The molecule has 0 aliphatic rings. The van der Waals surface area contributed by atoms with E-state index >= 15 is 0 Å². The van der Waals surface area contributed by atoms with Crippen LogP contribution in [0.3, 0.4) is 0 Å². The fraction of sp³-hybridized carbons (Fsp3) is 0.500. The quantitative estimate of drug-likeness (QED) is 0.587. The number of carbonyl (C=O) groups excluding carboxylic acids is 1. The minimum Gasteiger partial charge on any atom is -0.536 e. The summed E-state index contributed by atoms with van der Waals surface area (Å²) in [5, 5.41) is 5.90. The van der Waals surface area contributed by atoms with Gasteiger partial charge >= 0.3 is 31.1 Å². The first kappa shape index (κ1) is 16.8. The van der Waals surface area contributed by atoms with Gasteiger partial charge in [-0.1, -0.05) is 6.61 Å². The van der Waals surface area contributed by atoms with E-state index in [1.807, 2.05) is 6.92 Å². The third kappa shape index (κ3) is 40.2. The first-order chi connectivity index (χ1) is 4.33. The van der Waals surface area contributed by atoms with Crippen LogP contribution in [0.4, 0.5) is 0 Å². The second-order valence-corrected chi connectivity index (χ2v) is 0.959. The Balaban J connectivity index is -0.0000000910. The molecule has 0 aromatic rings. The molecular formula is C6H11NO2U. The van der Waals surface area contributed by atoms with Crippen LogP contribution in [0.5, 0.6) is 0 Å². The molecule has 0 saturated heterocycles. The van der Waals surface area contributed by atoms with Gasteiger partial charge in [0, 0.05) is 6.61 Å². The van der Waals surface area contributed by atoms with Crippen LogP contribution in [0.1, 0.15) is 6.92 Å². The molecule has 4 heteroatoms. The van der Waals surface area contributed by atoms with Gasteiger partial charge in [-0.2, -0.15) is 0 Å². The zero-order valence-corrected chi connectivity index (χ0v) is 10.2. The molecule has 0 saturated carbocycles. The molecule has 56 valence electrons. The maximum Gasteiger partial charge on any atom is 2.00 e. The summed E-state index contributed by atoms with van der Waals surface area (Å²) in [6.07, 6.45) is 1.79. The standard InChI is InChI=1S/C4H9O.C2H2NO.U/c1-3-5-4-2;3-1-2-4;/h1,3-4H2,2H3;1,3H;/q2*-1;+2. The van der Waals surface area contributed by atoms with E-state index in [0.717, 1.165) is 6.61 Å². The zero-order chi connectivity index (χ0) is 7.54. The van der Waals surface area contributed by atoms with Crippen molar-refractivity contribution < 1.29 is 40.6 Å². The molecule has 0 aliphatic heterocycles. The normalized spacial score (nSPS) is 6.20. The average Bonchev–Trinajstić information content (AvgIpc) is 1.91. The van der Waals surface area contributed by atoms with E-state index in [1.54, 1.807) is 0 Å². The third-order valence-electron chi connectivity index (χ3n) is 0.407. The fourth-order valence-electron chi connectivity index (χ4n) is 0.144. The molecule has 0 atom stereocenters. The van der Waals surface area contributed by atoms with E-state index in [9.17, 15) is 0 Å². The van der Waals surface area contributed by atoms with Gasteiger partial charge in [0.25, 0.3) is 0 Å². The summed E-state index contributed by atoms with van der Waals surface area (Å²) in [6, 6.07) is 0. The van der Waals surface area contributed by atoms with Gasteiger partial charge in [-0.05, 0) is 6.92 Å². The molecule has 10 heavy (non-hydrogen) atoms. The molecular weight excluding hydrogens is 356 g/mol. The van der Waals surface area contributed by atoms with Crippen molar-refractivity contribution in [3.8, 4) is 0 Å². The third-order valence-corrected chi connectivity index (χ3v) is 0.407. The van der Waals surface area contributed by atoms with Crippen molar-refractivity contribution >= 4 is 12.5 Å². The largest absolute Gasteiger partial charge is 2.00 e. The van der Waals surface area contributed by atoms with Crippen molar-refractivity contribution in [1.82, 2.24) is 0 Å². The second-order valence-electron chi connectivity index (χ2n) is 0.959. The Morgan fingerprint density at radius 2 is 2.20 bits per heavy atom. The molecule has 0 radical (unpaired) electrons. The maximum absolute atomic E-state index is 8.81. The van der Waals surface area contributed by atoms with Crippen molar-refractivity contribution in [3.63, 3.8) is 0 Å². The van der Waals surface area contributed by atoms with E-state index in [1.165, 1.54) is 6.29 Å². The molecule has 0 rings (SSSR count). The van der Waals surface area contributed by atoms with E-state index in [4.69, 9.17) is 14.9 Å². The second kappa shape index (κ2) is 22.8. The molecule has 0 bridgehead atoms. The predicted molar refractivity (Wildman–Crippen MR) is 36.3 cm³/mol. The Morgan fingerprint density at radius 3 is 2.20 bits per heavy atom. The average molecular weight is 367 g/mol. The van der Waals surface area contributed by atoms with Gasteiger partial charge in [-0.15, -0.1) is 6.21 Å². The Hall–Kier alpha value is 0.352. The van der Waals surface area contributed by atoms with Crippen molar-refractivity contribution in [3.05, 3.63) is 6.92 Å². The topological polar surface area (TPSA) is 50.2 Å². The van der Waals surface area contributed by atoms with Crippen LogP contribution < -0.4 is 0 Å². The van der Waals surface area contributed by atoms with Gasteiger partial charge in [0.15, 0.2) is 0 Å². The molecule has 0 heterocycles. The van der Waals surface area contributed by atoms with Crippen LogP contribution in [0.25, 0.3) is 0 Å². The SMILES string of the molecule is N=C[C-]=O.[CH2-]COCC.[U+2]. The predicted octanol–water partition coefficient (Wildman–Crippen LogP) is 0.603. The van der Waals surface area contributed by atoms with E-state index in [0.29, 0.717) is 12.8 Å². The summed E-state index contributed by atoms with van der Waals surface area (Å²) in [5.41, 5.74) is 0. The Morgan fingerprint density at radius 1 is 1.80 bits per heavy atom. The van der Waals surface area contributed by atoms with E-state index in [2.05, 4.69) is 6.92 Å². The first-order valence-electron chi connectivity index (χ1n) is 2.57. The van der Waals surface area contributed by atoms with Crippen LogP contribution in [0, 0.1) is 43.4 Å². The van der Waals surface area contributed by atoms with Crippen LogP contribution in [-0.4, -0.2) is 25.7 Å². The Kier molecular flexibility index (Phi) is 38.1. The maximum atomic E-state index is 8.81. The minimum absolute atomic E-state index is 0. The van der Waals surface area contributed by atoms with Gasteiger partial charge in [-0.25, -0.2) is 6.29 Å². The van der Waals surface area contributed by atoms with Crippen LogP contribution in [0.2, 0.25) is 0 Å². The molecule has 0 amide bonds. The Bertz CT molecular complexity index is 60.8. The number of hydrogen-bond donors (Lipinski definition) is 1. The smallest absolute Gasteiger partial charge is 0.536 e. The monoisotopic (exact) mass is 367 g/mol.